The molecule has 0 aromatic rings. The van der Waals surface area contributed by atoms with E-state index >= 15 is 0 Å². The number of carbonyl (C=O) groups excluding carboxylic acids is 1. The van der Waals surface area contributed by atoms with E-state index in [1.54, 1.807) is 0 Å². The van der Waals surface area contributed by atoms with Crippen LogP contribution in [0, 0.1) is 0 Å². The van der Waals surface area contributed by atoms with Gasteiger partial charge in [-0.25, -0.2) is 4.79 Å². The number of cyclic esters (lactones) is 1. The fraction of sp³-hybridized carbons (Fsp3) is 0.889. The molecule has 2 unspecified atom stereocenters. The maximum Gasteiger partial charge on any atom is 0.407 e. The van der Waals surface area contributed by atoms with Crippen LogP contribution in [-0.2, 0) is 4.74 Å². The van der Waals surface area contributed by atoms with Gasteiger partial charge in [0.1, 0.15) is 6.10 Å². The van der Waals surface area contributed by atoms with Crippen LogP contribution in [0.5, 0.6) is 0 Å². The molecule has 2 saturated heterocycles. The molecule has 0 saturated carbocycles. The number of ether oxygens (including phenoxy) is 1. The Labute approximate surface area is 83.8 Å². The van der Waals surface area contributed by atoms with Gasteiger partial charge in [0, 0.05) is 32.2 Å². The fourth-order valence-corrected chi connectivity index (χ4v) is 2.00. The van der Waals surface area contributed by atoms with Crippen molar-refractivity contribution in [3.05, 3.63) is 0 Å². The van der Waals surface area contributed by atoms with E-state index in [4.69, 9.17) is 4.74 Å². The molecule has 5 heteroatoms. The molecule has 5 nitrogen and oxygen atoms in total. The molecule has 2 aliphatic rings. The van der Waals surface area contributed by atoms with Gasteiger partial charge >= 0.3 is 6.09 Å². The van der Waals surface area contributed by atoms with E-state index in [0.717, 1.165) is 26.2 Å². The first-order chi connectivity index (χ1) is 6.74. The van der Waals surface area contributed by atoms with Crippen molar-refractivity contribution >= 4 is 6.09 Å². The third kappa shape index (κ3) is 2.36. The zero-order valence-corrected chi connectivity index (χ0v) is 8.45. The van der Waals surface area contributed by atoms with E-state index in [2.05, 4.69) is 22.5 Å². The lowest BCUT2D eigenvalue weighted by atomic mass is 10.2. The molecular weight excluding hydrogens is 182 g/mol. The number of alkyl carbamates (subject to hydrolysis) is 1. The second-order valence-electron chi connectivity index (χ2n) is 4.02. The van der Waals surface area contributed by atoms with E-state index < -0.39 is 0 Å². The van der Waals surface area contributed by atoms with Crippen molar-refractivity contribution in [2.75, 3.05) is 32.7 Å². The van der Waals surface area contributed by atoms with Gasteiger partial charge in [0.25, 0.3) is 0 Å². The molecule has 0 aromatic heterocycles. The minimum atomic E-state index is -0.279. The van der Waals surface area contributed by atoms with Crippen LogP contribution in [-0.4, -0.2) is 55.9 Å². The largest absolute Gasteiger partial charge is 0.443 e. The average Bonchev–Trinajstić information content (AvgIpc) is 2.51. The molecule has 2 atom stereocenters. The molecule has 2 aliphatic heterocycles. The minimum absolute atomic E-state index is 0.0350. The second kappa shape index (κ2) is 4.14. The van der Waals surface area contributed by atoms with Crippen molar-refractivity contribution in [1.29, 1.82) is 0 Å². The molecule has 0 aliphatic carbocycles. The van der Waals surface area contributed by atoms with Crippen LogP contribution in [0.2, 0.25) is 0 Å². The summed E-state index contributed by atoms with van der Waals surface area (Å²) in [5, 5.41) is 6.05. The highest BCUT2D eigenvalue weighted by Crippen LogP contribution is 2.05. The minimum Gasteiger partial charge on any atom is -0.443 e. The van der Waals surface area contributed by atoms with Crippen LogP contribution in [0.15, 0.2) is 0 Å². The highest BCUT2D eigenvalue weighted by molar-refractivity contribution is 5.69. The van der Waals surface area contributed by atoms with Crippen LogP contribution in [0.3, 0.4) is 0 Å². The van der Waals surface area contributed by atoms with Crippen molar-refractivity contribution < 1.29 is 9.53 Å². The highest BCUT2D eigenvalue weighted by atomic mass is 16.6. The Kier molecular flexibility index (Phi) is 2.88. The summed E-state index contributed by atoms with van der Waals surface area (Å²) in [5.74, 6) is 0. The summed E-state index contributed by atoms with van der Waals surface area (Å²) in [4.78, 5) is 13.1. The van der Waals surface area contributed by atoms with Crippen LogP contribution < -0.4 is 10.6 Å². The van der Waals surface area contributed by atoms with Gasteiger partial charge < -0.3 is 15.4 Å². The van der Waals surface area contributed by atoms with E-state index in [1.165, 1.54) is 0 Å². The highest BCUT2D eigenvalue weighted by Gasteiger charge is 2.26. The molecule has 2 rings (SSSR count). The van der Waals surface area contributed by atoms with Crippen molar-refractivity contribution in [3.8, 4) is 0 Å². The molecule has 1 amide bonds. The molecule has 2 heterocycles. The quantitative estimate of drug-likeness (QED) is 0.623. The molecule has 0 radical (unpaired) electrons. The molecule has 80 valence electrons. The van der Waals surface area contributed by atoms with Gasteiger partial charge in [-0.05, 0) is 6.92 Å². The predicted octanol–water partition coefficient (Wildman–Crippen LogP) is -0.611. The van der Waals surface area contributed by atoms with Crippen LogP contribution >= 0.6 is 0 Å². The van der Waals surface area contributed by atoms with Crippen molar-refractivity contribution in [2.24, 2.45) is 0 Å². The fourth-order valence-electron chi connectivity index (χ4n) is 2.00. The Bertz CT molecular complexity index is 222. The number of nitrogens with zero attached hydrogens (tertiary/aromatic N) is 1. The Morgan fingerprint density at radius 2 is 2.50 bits per heavy atom. The van der Waals surface area contributed by atoms with Crippen LogP contribution in [0.25, 0.3) is 0 Å². The lowest BCUT2D eigenvalue weighted by molar-refractivity contribution is 0.0967. The van der Waals surface area contributed by atoms with E-state index in [0.29, 0.717) is 12.6 Å². The second-order valence-corrected chi connectivity index (χ2v) is 4.02. The lowest BCUT2D eigenvalue weighted by Gasteiger charge is -2.32. The number of amides is 1. The summed E-state index contributed by atoms with van der Waals surface area (Å²) in [6, 6.07) is 0.536. The zero-order valence-electron chi connectivity index (χ0n) is 8.45. The monoisotopic (exact) mass is 199 g/mol. The summed E-state index contributed by atoms with van der Waals surface area (Å²) >= 11 is 0. The number of rotatable bonds is 2. The van der Waals surface area contributed by atoms with Crippen LogP contribution in [0.1, 0.15) is 6.92 Å². The van der Waals surface area contributed by atoms with Crippen LogP contribution in [0.4, 0.5) is 4.79 Å². The topological polar surface area (TPSA) is 53.6 Å². The number of nitrogens with one attached hydrogen (secondary N) is 2. The van der Waals surface area contributed by atoms with Crippen molar-refractivity contribution in [1.82, 2.24) is 15.5 Å². The third-order valence-corrected chi connectivity index (χ3v) is 2.66. The molecule has 0 bridgehead atoms. The first kappa shape index (κ1) is 9.73. The smallest absolute Gasteiger partial charge is 0.407 e. The zero-order chi connectivity index (χ0) is 9.97. The normalized spacial score (nSPS) is 33.9. The summed E-state index contributed by atoms with van der Waals surface area (Å²) in [6.07, 6.45) is -0.244. The van der Waals surface area contributed by atoms with Gasteiger partial charge in [0.05, 0.1) is 6.54 Å². The Morgan fingerprint density at radius 3 is 3.14 bits per heavy atom. The third-order valence-electron chi connectivity index (χ3n) is 2.66. The molecule has 14 heavy (non-hydrogen) atoms. The van der Waals surface area contributed by atoms with Crippen molar-refractivity contribution in [3.63, 3.8) is 0 Å². The standard InChI is InChI=1S/C9H17N3O2/c1-7-5-12(3-2-10-7)6-8-4-11-9(13)14-8/h7-8,10H,2-6H2,1H3,(H,11,13). The maximum absolute atomic E-state index is 10.8. The molecule has 0 spiro atoms. The summed E-state index contributed by atoms with van der Waals surface area (Å²) < 4.78 is 5.09. The SMILES string of the molecule is CC1CN(CC2CNC(=O)O2)CCN1. The number of hydrogen-bond donors (Lipinski definition) is 2. The van der Waals surface area contributed by atoms with Gasteiger partial charge in [-0.3, -0.25) is 4.90 Å². The first-order valence-corrected chi connectivity index (χ1v) is 5.14. The molecule has 2 N–H and O–H groups in total. The first-order valence-electron chi connectivity index (χ1n) is 5.14. The maximum atomic E-state index is 10.8. The molecular formula is C9H17N3O2. The van der Waals surface area contributed by atoms with Gasteiger partial charge in [0.2, 0.25) is 0 Å². The van der Waals surface area contributed by atoms with Gasteiger partial charge in [0.15, 0.2) is 0 Å². The van der Waals surface area contributed by atoms with Gasteiger partial charge in [-0.15, -0.1) is 0 Å². The Balaban J connectivity index is 1.76. The van der Waals surface area contributed by atoms with E-state index in [9.17, 15) is 4.79 Å². The predicted molar refractivity (Wildman–Crippen MR) is 52.2 cm³/mol. The lowest BCUT2D eigenvalue weighted by Crippen LogP contribution is -2.51. The van der Waals surface area contributed by atoms with Gasteiger partial charge in [-0.1, -0.05) is 0 Å². The van der Waals surface area contributed by atoms with Crippen molar-refractivity contribution in [2.45, 2.75) is 19.1 Å². The van der Waals surface area contributed by atoms with Gasteiger partial charge in [-0.2, -0.15) is 0 Å². The number of hydrogen-bond acceptors (Lipinski definition) is 4. The summed E-state index contributed by atoms with van der Waals surface area (Å²) in [5.41, 5.74) is 0. The Hall–Kier alpha value is -0.810. The summed E-state index contributed by atoms with van der Waals surface area (Å²) in [7, 11) is 0. The van der Waals surface area contributed by atoms with E-state index in [-0.39, 0.29) is 12.2 Å². The molecule has 0 aromatic carbocycles. The average molecular weight is 199 g/mol. The Morgan fingerprint density at radius 1 is 1.64 bits per heavy atom. The summed E-state index contributed by atoms with van der Waals surface area (Å²) in [6.45, 7) is 6.77. The van der Waals surface area contributed by atoms with E-state index in [1.807, 2.05) is 0 Å². The number of carbonyl (C=O) groups is 1. The molecule has 2 fully saturated rings. The number of piperazine rings is 1.